The van der Waals surface area contributed by atoms with E-state index in [0.717, 1.165) is 0 Å². The van der Waals surface area contributed by atoms with Crippen molar-refractivity contribution in [3.05, 3.63) is 78.0 Å². The van der Waals surface area contributed by atoms with Crippen LogP contribution < -0.4 is 4.74 Å². The lowest BCUT2D eigenvalue weighted by Gasteiger charge is -2.07. The molecule has 6 heteroatoms. The van der Waals surface area contributed by atoms with Crippen molar-refractivity contribution in [1.29, 1.82) is 0 Å². The van der Waals surface area contributed by atoms with Gasteiger partial charge in [-0.25, -0.2) is 9.78 Å². The number of benzene rings is 2. The molecule has 0 aliphatic carbocycles. The van der Waals surface area contributed by atoms with Crippen LogP contribution in [0.3, 0.4) is 0 Å². The Kier molecular flexibility index (Phi) is 4.89. The second kappa shape index (κ2) is 7.44. The molecule has 0 radical (unpaired) electrons. The highest BCUT2D eigenvalue weighted by molar-refractivity contribution is 5.94. The van der Waals surface area contributed by atoms with Crippen molar-refractivity contribution in [1.82, 2.24) is 4.98 Å². The van der Waals surface area contributed by atoms with Crippen molar-refractivity contribution in [3.63, 3.8) is 0 Å². The van der Waals surface area contributed by atoms with Crippen LogP contribution in [0.15, 0.2) is 65.5 Å². The van der Waals surface area contributed by atoms with E-state index in [2.05, 4.69) is 4.98 Å². The Morgan fingerprint density at radius 2 is 1.56 bits per heavy atom. The van der Waals surface area contributed by atoms with Crippen LogP contribution in [0.4, 0.5) is 0 Å². The van der Waals surface area contributed by atoms with Crippen LogP contribution in [0.1, 0.15) is 33.4 Å². The molecule has 1 heterocycles. The number of ether oxygens (including phenoxy) is 2. The minimum absolute atomic E-state index is 0.000236. The highest BCUT2D eigenvalue weighted by Crippen LogP contribution is 2.22. The Hall–Kier alpha value is -3.41. The topological polar surface area (TPSA) is 78.6 Å². The van der Waals surface area contributed by atoms with Gasteiger partial charge in [-0.05, 0) is 55.5 Å². The largest absolute Gasteiger partial charge is 0.457 e. The summed E-state index contributed by atoms with van der Waals surface area (Å²) in [6, 6.07) is 13.4. The van der Waals surface area contributed by atoms with E-state index in [4.69, 9.17) is 13.9 Å². The Morgan fingerprint density at radius 3 is 2.08 bits per heavy atom. The number of aromatic nitrogens is 1. The van der Waals surface area contributed by atoms with Gasteiger partial charge in [0.1, 0.15) is 11.5 Å². The van der Waals surface area contributed by atoms with Gasteiger partial charge in [-0.2, -0.15) is 0 Å². The molecule has 0 N–H and O–H groups in total. The predicted octanol–water partition coefficient (Wildman–Crippen LogP) is 4.03. The third kappa shape index (κ3) is 4.32. The summed E-state index contributed by atoms with van der Waals surface area (Å²) in [7, 11) is 0. The molecule has 2 aromatic carbocycles. The van der Waals surface area contributed by atoms with E-state index in [1.165, 1.54) is 19.5 Å². The van der Waals surface area contributed by atoms with Crippen molar-refractivity contribution < 1.29 is 23.5 Å². The number of Topliss-reactive ketones (excluding diaryl/α,β-unsaturated/α-hetero) is 1. The number of oxazole rings is 1. The summed E-state index contributed by atoms with van der Waals surface area (Å²) < 4.78 is 15.8. The molecule has 0 unspecified atom stereocenters. The van der Waals surface area contributed by atoms with E-state index >= 15 is 0 Å². The first kappa shape index (κ1) is 16.4. The highest BCUT2D eigenvalue weighted by Gasteiger charge is 2.09. The first-order valence-electron chi connectivity index (χ1n) is 7.55. The van der Waals surface area contributed by atoms with E-state index in [-0.39, 0.29) is 12.4 Å². The van der Waals surface area contributed by atoms with Gasteiger partial charge in [0.2, 0.25) is 0 Å². The molecule has 1 aromatic heterocycles. The number of carbonyl (C=O) groups is 2. The molecule has 0 saturated carbocycles. The van der Waals surface area contributed by atoms with Gasteiger partial charge in [0.15, 0.2) is 24.5 Å². The van der Waals surface area contributed by atoms with Gasteiger partial charge in [-0.3, -0.25) is 4.79 Å². The maximum atomic E-state index is 12.0. The molecule has 0 spiro atoms. The number of carbonyl (C=O) groups excluding carboxylic acids is 2. The lowest BCUT2D eigenvalue weighted by molar-refractivity contribution is 0.0445. The first-order chi connectivity index (χ1) is 12.1. The first-order valence-corrected chi connectivity index (χ1v) is 7.55. The van der Waals surface area contributed by atoms with Gasteiger partial charge in [0.05, 0.1) is 11.8 Å². The number of rotatable bonds is 6. The van der Waals surface area contributed by atoms with Crippen LogP contribution in [0, 0.1) is 0 Å². The van der Waals surface area contributed by atoms with Gasteiger partial charge in [0.25, 0.3) is 0 Å². The summed E-state index contributed by atoms with van der Waals surface area (Å²) in [5.41, 5.74) is 1.02. The van der Waals surface area contributed by atoms with Gasteiger partial charge in [0, 0.05) is 5.56 Å². The minimum Gasteiger partial charge on any atom is -0.457 e. The second-order valence-corrected chi connectivity index (χ2v) is 5.25. The number of hydrogen-bond acceptors (Lipinski definition) is 6. The van der Waals surface area contributed by atoms with E-state index in [9.17, 15) is 9.59 Å². The molecule has 0 atom stereocenters. The quantitative estimate of drug-likeness (QED) is 0.499. The van der Waals surface area contributed by atoms with Crippen LogP contribution in [-0.4, -0.2) is 16.7 Å². The third-order valence-electron chi connectivity index (χ3n) is 3.42. The SMILES string of the molecule is CC(=O)c1ccc(Oc2ccc(C(=O)OCc3cnco3)cc2)cc1. The zero-order valence-electron chi connectivity index (χ0n) is 13.5. The summed E-state index contributed by atoms with van der Waals surface area (Å²) in [6.45, 7) is 1.54. The molecule has 3 aromatic rings. The van der Waals surface area contributed by atoms with Crippen molar-refractivity contribution in [2.24, 2.45) is 0 Å². The molecule has 25 heavy (non-hydrogen) atoms. The summed E-state index contributed by atoms with van der Waals surface area (Å²) in [5, 5.41) is 0. The smallest absolute Gasteiger partial charge is 0.338 e. The minimum atomic E-state index is -0.464. The maximum absolute atomic E-state index is 12.0. The fourth-order valence-corrected chi connectivity index (χ4v) is 2.09. The molecule has 0 aliphatic heterocycles. The lowest BCUT2D eigenvalue weighted by Crippen LogP contribution is -2.04. The Morgan fingerprint density at radius 1 is 0.960 bits per heavy atom. The van der Waals surface area contributed by atoms with E-state index in [1.807, 2.05) is 0 Å². The van der Waals surface area contributed by atoms with Crippen LogP contribution >= 0.6 is 0 Å². The molecule has 126 valence electrons. The average Bonchev–Trinajstić information content (AvgIpc) is 3.14. The number of nitrogens with zero attached hydrogens (tertiary/aromatic N) is 1. The standard InChI is InChI=1S/C19H15NO5/c1-13(21)14-2-6-16(7-3-14)25-17-8-4-15(5-9-17)19(22)23-11-18-10-20-12-24-18/h2-10,12H,11H2,1H3. The Labute approximate surface area is 144 Å². The molecular formula is C19H15NO5. The fraction of sp³-hybridized carbons (Fsp3) is 0.105. The zero-order valence-corrected chi connectivity index (χ0v) is 13.5. The summed E-state index contributed by atoms with van der Waals surface area (Å²) in [4.78, 5) is 27.0. The van der Waals surface area contributed by atoms with Crippen molar-refractivity contribution >= 4 is 11.8 Å². The van der Waals surface area contributed by atoms with Crippen LogP contribution in [0.5, 0.6) is 11.5 Å². The molecule has 0 fully saturated rings. The van der Waals surface area contributed by atoms with Crippen LogP contribution in [0.2, 0.25) is 0 Å². The summed E-state index contributed by atoms with van der Waals surface area (Å²) in [6.07, 6.45) is 2.76. The molecule has 6 nitrogen and oxygen atoms in total. The number of hydrogen-bond donors (Lipinski definition) is 0. The lowest BCUT2D eigenvalue weighted by atomic mass is 10.1. The van der Waals surface area contributed by atoms with E-state index < -0.39 is 5.97 Å². The summed E-state index contributed by atoms with van der Waals surface area (Å²) >= 11 is 0. The average molecular weight is 337 g/mol. The predicted molar refractivity (Wildman–Crippen MR) is 88.6 cm³/mol. The van der Waals surface area contributed by atoms with E-state index in [1.54, 1.807) is 48.5 Å². The number of esters is 1. The van der Waals surface area contributed by atoms with Gasteiger partial charge >= 0.3 is 5.97 Å². The van der Waals surface area contributed by atoms with Crippen LogP contribution in [-0.2, 0) is 11.3 Å². The fourth-order valence-electron chi connectivity index (χ4n) is 2.09. The second-order valence-electron chi connectivity index (χ2n) is 5.25. The van der Waals surface area contributed by atoms with Gasteiger partial charge in [-0.1, -0.05) is 0 Å². The van der Waals surface area contributed by atoms with Crippen molar-refractivity contribution in [2.45, 2.75) is 13.5 Å². The Balaban J connectivity index is 1.59. The molecule has 0 bridgehead atoms. The molecule has 0 saturated heterocycles. The zero-order chi connectivity index (χ0) is 17.6. The molecular weight excluding hydrogens is 322 g/mol. The number of ketones is 1. The van der Waals surface area contributed by atoms with E-state index in [0.29, 0.717) is 28.4 Å². The highest BCUT2D eigenvalue weighted by atomic mass is 16.5. The third-order valence-corrected chi connectivity index (χ3v) is 3.42. The Bertz CT molecular complexity index is 852. The van der Waals surface area contributed by atoms with Crippen LogP contribution in [0.25, 0.3) is 0 Å². The van der Waals surface area contributed by atoms with Gasteiger partial charge < -0.3 is 13.9 Å². The molecule has 0 aliphatic rings. The summed E-state index contributed by atoms with van der Waals surface area (Å²) in [5.74, 6) is 1.18. The molecule has 3 rings (SSSR count). The van der Waals surface area contributed by atoms with Crippen molar-refractivity contribution in [2.75, 3.05) is 0 Å². The molecule has 0 amide bonds. The maximum Gasteiger partial charge on any atom is 0.338 e. The normalized spacial score (nSPS) is 10.3. The van der Waals surface area contributed by atoms with Gasteiger partial charge in [-0.15, -0.1) is 0 Å². The van der Waals surface area contributed by atoms with Crippen molar-refractivity contribution in [3.8, 4) is 11.5 Å². The monoisotopic (exact) mass is 337 g/mol.